The molecule has 43 valence electrons. The first kappa shape index (κ1) is 6.30. The van der Waals surface area contributed by atoms with Crippen molar-refractivity contribution in [2.75, 3.05) is 0 Å². The first-order valence-electron chi connectivity index (χ1n) is 2.76. The lowest BCUT2D eigenvalue weighted by molar-refractivity contribution is 1.66. The molecule has 1 heteroatoms. The third kappa shape index (κ3) is 1.54. The zero-order chi connectivity index (χ0) is 6.69. The predicted octanol–water partition coefficient (Wildman–Crippen LogP) is 1.83. The summed E-state index contributed by atoms with van der Waals surface area (Å²) in [5.74, 6) is 0. The Bertz CT molecular complexity index is 201. The molecule has 3 radical (unpaired) electrons. The smallest absolute Gasteiger partial charge is 0.0711 e. The molecule has 1 rings (SSSR count). The van der Waals surface area contributed by atoms with E-state index in [1.54, 1.807) is 0 Å². The molecule has 0 nitrogen and oxygen atoms in total. The van der Waals surface area contributed by atoms with E-state index in [1.165, 1.54) is 0 Å². The van der Waals surface area contributed by atoms with E-state index in [9.17, 15) is 0 Å². The highest BCUT2D eigenvalue weighted by molar-refractivity contribution is 6.41. The van der Waals surface area contributed by atoms with Crippen LogP contribution < -0.4 is 0 Å². The summed E-state index contributed by atoms with van der Waals surface area (Å²) < 4.78 is 0. The monoisotopic (exact) mass is 131 g/mol. The van der Waals surface area contributed by atoms with Crippen LogP contribution in [0.15, 0.2) is 36.9 Å². The van der Waals surface area contributed by atoms with Gasteiger partial charge in [-0.05, 0) is 5.56 Å². The molecule has 0 aromatic heterocycles. The number of rotatable bonds is 1. The van der Waals surface area contributed by atoms with Crippen LogP contribution in [0.1, 0.15) is 5.56 Å². The summed E-state index contributed by atoms with van der Waals surface area (Å²) >= 11 is 0. The van der Waals surface area contributed by atoms with E-state index in [4.69, 9.17) is 0 Å². The van der Waals surface area contributed by atoms with Crippen LogP contribution in [0.25, 0.3) is 5.20 Å². The molecule has 0 aliphatic heterocycles. The van der Waals surface area contributed by atoms with Gasteiger partial charge < -0.3 is 0 Å². The quantitative estimate of drug-likeness (QED) is 0.510. The Kier molecular flexibility index (Phi) is 1.85. The third-order valence-corrected chi connectivity index (χ3v) is 1.41. The van der Waals surface area contributed by atoms with Crippen molar-refractivity contribution in [3.8, 4) is 0 Å². The van der Waals surface area contributed by atoms with E-state index in [-0.39, 0.29) is 0 Å². The van der Waals surface area contributed by atoms with E-state index >= 15 is 0 Å². The SMILES string of the molecule is C=C([Si])c1ccccc1. The van der Waals surface area contributed by atoms with Crippen LogP contribution in [0.4, 0.5) is 0 Å². The Morgan fingerprint density at radius 1 is 1.22 bits per heavy atom. The van der Waals surface area contributed by atoms with Crippen molar-refractivity contribution in [2.45, 2.75) is 0 Å². The molecule has 0 aliphatic rings. The normalized spacial score (nSPS) is 9.00. The van der Waals surface area contributed by atoms with Crippen LogP contribution in [-0.4, -0.2) is 10.2 Å². The van der Waals surface area contributed by atoms with E-state index in [1.807, 2.05) is 30.3 Å². The summed E-state index contributed by atoms with van der Waals surface area (Å²) in [7, 11) is 3.34. The van der Waals surface area contributed by atoms with Crippen LogP contribution in [0, 0.1) is 0 Å². The standard InChI is InChI=1S/C8H7Si/c1-7(9)8-5-3-2-4-6-8/h2-6H,1H2. The lowest BCUT2D eigenvalue weighted by Gasteiger charge is -1.94. The van der Waals surface area contributed by atoms with Gasteiger partial charge in [-0.15, -0.1) is 6.58 Å². The van der Waals surface area contributed by atoms with Crippen molar-refractivity contribution in [2.24, 2.45) is 0 Å². The van der Waals surface area contributed by atoms with Gasteiger partial charge in [-0.2, -0.15) is 0 Å². The van der Waals surface area contributed by atoms with Gasteiger partial charge in [0.05, 0.1) is 10.2 Å². The molecule has 0 saturated carbocycles. The third-order valence-electron chi connectivity index (χ3n) is 1.12. The molecule has 0 N–H and O–H groups in total. The minimum atomic E-state index is 0.926. The lowest BCUT2D eigenvalue weighted by Crippen LogP contribution is -1.77. The second-order valence-electron chi connectivity index (χ2n) is 1.84. The molecule has 1 aromatic carbocycles. The van der Waals surface area contributed by atoms with Crippen molar-refractivity contribution < 1.29 is 0 Å². The summed E-state index contributed by atoms with van der Waals surface area (Å²) in [6, 6.07) is 9.98. The van der Waals surface area contributed by atoms with Gasteiger partial charge in [0.25, 0.3) is 0 Å². The maximum Gasteiger partial charge on any atom is 0.0711 e. The van der Waals surface area contributed by atoms with Crippen molar-refractivity contribution >= 4 is 15.4 Å². The first-order valence-corrected chi connectivity index (χ1v) is 3.26. The molecular formula is C8H7Si. The fraction of sp³-hybridized carbons (Fsp3) is 0. The molecule has 0 bridgehead atoms. The van der Waals surface area contributed by atoms with Crippen molar-refractivity contribution in [1.29, 1.82) is 0 Å². The van der Waals surface area contributed by atoms with Crippen LogP contribution in [0.5, 0.6) is 0 Å². The van der Waals surface area contributed by atoms with Gasteiger partial charge in [0.2, 0.25) is 0 Å². The average Bonchev–Trinajstić information content (AvgIpc) is 1.90. The molecule has 0 spiro atoms. The van der Waals surface area contributed by atoms with Gasteiger partial charge in [-0.1, -0.05) is 35.5 Å². The molecule has 0 fully saturated rings. The van der Waals surface area contributed by atoms with E-state index in [2.05, 4.69) is 16.8 Å². The number of benzene rings is 1. The van der Waals surface area contributed by atoms with Crippen LogP contribution in [0.2, 0.25) is 0 Å². The second kappa shape index (κ2) is 2.64. The van der Waals surface area contributed by atoms with Gasteiger partial charge in [-0.25, -0.2) is 0 Å². The minimum Gasteiger partial charge on any atom is -0.100 e. The number of hydrogen-bond donors (Lipinski definition) is 0. The maximum absolute atomic E-state index is 3.74. The van der Waals surface area contributed by atoms with Crippen molar-refractivity contribution in [3.05, 3.63) is 42.5 Å². The fourth-order valence-corrected chi connectivity index (χ4v) is 0.806. The molecule has 0 aliphatic carbocycles. The zero-order valence-corrected chi connectivity index (χ0v) is 6.09. The molecule has 0 heterocycles. The molecule has 0 amide bonds. The average molecular weight is 131 g/mol. The Balaban J connectivity index is 2.98. The maximum atomic E-state index is 3.74. The Labute approximate surface area is 58.6 Å². The van der Waals surface area contributed by atoms with E-state index in [0.717, 1.165) is 10.8 Å². The van der Waals surface area contributed by atoms with Crippen molar-refractivity contribution in [1.82, 2.24) is 0 Å². The van der Waals surface area contributed by atoms with Crippen LogP contribution in [0.3, 0.4) is 0 Å². The summed E-state index contributed by atoms with van der Waals surface area (Å²) in [5, 5.41) is 0.926. The largest absolute Gasteiger partial charge is 0.100 e. The van der Waals surface area contributed by atoms with Crippen LogP contribution >= 0.6 is 0 Å². The van der Waals surface area contributed by atoms with Gasteiger partial charge in [0.1, 0.15) is 0 Å². The van der Waals surface area contributed by atoms with E-state index in [0.29, 0.717) is 0 Å². The number of hydrogen-bond acceptors (Lipinski definition) is 0. The fourth-order valence-electron chi connectivity index (χ4n) is 0.639. The topological polar surface area (TPSA) is 0 Å². The summed E-state index contributed by atoms with van der Waals surface area (Å²) in [6.07, 6.45) is 0. The van der Waals surface area contributed by atoms with Gasteiger partial charge >= 0.3 is 0 Å². The Morgan fingerprint density at radius 2 is 1.78 bits per heavy atom. The van der Waals surface area contributed by atoms with Crippen LogP contribution in [-0.2, 0) is 0 Å². The lowest BCUT2D eigenvalue weighted by atomic mass is 10.2. The molecule has 1 aromatic rings. The highest BCUT2D eigenvalue weighted by Gasteiger charge is 1.86. The highest BCUT2D eigenvalue weighted by Crippen LogP contribution is 2.05. The summed E-state index contributed by atoms with van der Waals surface area (Å²) in [4.78, 5) is 0. The van der Waals surface area contributed by atoms with Gasteiger partial charge in [0, 0.05) is 0 Å². The zero-order valence-electron chi connectivity index (χ0n) is 5.09. The molecule has 9 heavy (non-hydrogen) atoms. The second-order valence-corrected chi connectivity index (χ2v) is 2.45. The minimum absolute atomic E-state index is 0.926. The molecule has 0 saturated heterocycles. The molecule has 0 unspecified atom stereocenters. The highest BCUT2D eigenvalue weighted by atomic mass is 28.1. The Morgan fingerprint density at radius 3 is 2.11 bits per heavy atom. The molecular weight excluding hydrogens is 124 g/mol. The van der Waals surface area contributed by atoms with Crippen molar-refractivity contribution in [3.63, 3.8) is 0 Å². The first-order chi connectivity index (χ1) is 4.30. The van der Waals surface area contributed by atoms with Gasteiger partial charge in [0.15, 0.2) is 0 Å². The van der Waals surface area contributed by atoms with Gasteiger partial charge in [-0.3, -0.25) is 0 Å². The predicted molar refractivity (Wildman–Crippen MR) is 41.2 cm³/mol. The Hall–Kier alpha value is -0.823. The van der Waals surface area contributed by atoms with E-state index < -0.39 is 0 Å². The summed E-state index contributed by atoms with van der Waals surface area (Å²) in [5.41, 5.74) is 1.13. The summed E-state index contributed by atoms with van der Waals surface area (Å²) in [6.45, 7) is 3.74. The molecule has 0 atom stereocenters.